The first-order valence-corrected chi connectivity index (χ1v) is 5.25. The lowest BCUT2D eigenvalue weighted by Crippen LogP contribution is -2.05. The van der Waals surface area contributed by atoms with Crippen molar-refractivity contribution in [2.24, 2.45) is 0 Å². The number of nitrogens with one attached hydrogen (secondary N) is 1. The molecule has 0 radical (unpaired) electrons. The number of ether oxygens (including phenoxy) is 2. The third-order valence-electron chi connectivity index (χ3n) is 2.24. The first-order valence-electron chi connectivity index (χ1n) is 5.25. The molecule has 1 rings (SSSR count). The van der Waals surface area contributed by atoms with E-state index in [1.54, 1.807) is 31.4 Å². The second kappa shape index (κ2) is 6.60. The molecule has 92 valence electrons. The molecule has 2 N–H and O–H groups in total. The molecular weight excluding hydrogens is 218 g/mol. The predicted molar refractivity (Wildman–Crippen MR) is 67.3 cm³/mol. The molecule has 0 aliphatic rings. The standard InChI is InChI=1S/C13H17NO3/c1-4-8-17-12-7-6-10(9-13(12)16-3)11(5-2)14-15/h4-7,9,14-15H,1,8H2,2-3H3/b11-5+. The molecule has 0 spiro atoms. The van der Waals surface area contributed by atoms with Crippen molar-refractivity contribution in [1.29, 1.82) is 0 Å². The lowest BCUT2D eigenvalue weighted by Gasteiger charge is -2.12. The molecule has 4 heteroatoms. The van der Waals surface area contributed by atoms with E-state index in [2.05, 4.69) is 12.1 Å². The Bertz CT molecular complexity index is 413. The average Bonchev–Trinajstić information content (AvgIpc) is 2.38. The summed E-state index contributed by atoms with van der Waals surface area (Å²) < 4.78 is 10.7. The van der Waals surface area contributed by atoms with Gasteiger partial charge in [0.05, 0.1) is 12.8 Å². The zero-order valence-electron chi connectivity index (χ0n) is 10.1. The van der Waals surface area contributed by atoms with Crippen LogP contribution in [0.3, 0.4) is 0 Å². The van der Waals surface area contributed by atoms with Crippen molar-refractivity contribution < 1.29 is 14.7 Å². The van der Waals surface area contributed by atoms with Gasteiger partial charge in [0.2, 0.25) is 0 Å². The van der Waals surface area contributed by atoms with Gasteiger partial charge in [0.1, 0.15) is 6.61 Å². The van der Waals surface area contributed by atoms with E-state index in [1.165, 1.54) is 0 Å². The summed E-state index contributed by atoms with van der Waals surface area (Å²) in [6, 6.07) is 5.41. The van der Waals surface area contributed by atoms with Crippen LogP contribution in [0.15, 0.2) is 36.9 Å². The summed E-state index contributed by atoms with van der Waals surface area (Å²) in [5, 5.41) is 8.95. The van der Waals surface area contributed by atoms with Gasteiger partial charge < -0.3 is 9.47 Å². The van der Waals surface area contributed by atoms with Gasteiger partial charge >= 0.3 is 0 Å². The minimum atomic E-state index is 0.421. The topological polar surface area (TPSA) is 50.7 Å². The number of hydrogen-bond donors (Lipinski definition) is 2. The van der Waals surface area contributed by atoms with E-state index in [-0.39, 0.29) is 0 Å². The van der Waals surface area contributed by atoms with Gasteiger partial charge in [-0.2, -0.15) is 0 Å². The number of hydroxylamine groups is 1. The lowest BCUT2D eigenvalue weighted by molar-refractivity contribution is 0.224. The van der Waals surface area contributed by atoms with Crippen LogP contribution in [0.5, 0.6) is 11.5 Å². The van der Waals surface area contributed by atoms with Gasteiger partial charge in [-0.3, -0.25) is 10.7 Å². The average molecular weight is 235 g/mol. The van der Waals surface area contributed by atoms with Gasteiger partial charge in [-0.25, -0.2) is 0 Å². The van der Waals surface area contributed by atoms with E-state index in [1.807, 2.05) is 13.0 Å². The highest BCUT2D eigenvalue weighted by Crippen LogP contribution is 2.29. The summed E-state index contributed by atoms with van der Waals surface area (Å²) in [7, 11) is 1.57. The number of allylic oxidation sites excluding steroid dienone is 1. The number of methoxy groups -OCH3 is 1. The summed E-state index contributed by atoms with van der Waals surface area (Å²) in [5.74, 6) is 1.25. The van der Waals surface area contributed by atoms with Gasteiger partial charge in [-0.15, -0.1) is 0 Å². The first kappa shape index (κ1) is 13.1. The molecule has 0 aromatic heterocycles. The summed E-state index contributed by atoms with van der Waals surface area (Å²) in [6.07, 6.45) is 3.43. The third kappa shape index (κ3) is 3.26. The molecule has 0 aliphatic heterocycles. The SMILES string of the molecule is C=CCOc1ccc(/C(=C\C)NO)cc1OC. The van der Waals surface area contributed by atoms with Crippen LogP contribution >= 0.6 is 0 Å². The Morgan fingerprint density at radius 1 is 1.47 bits per heavy atom. The lowest BCUT2D eigenvalue weighted by atomic mass is 10.1. The van der Waals surface area contributed by atoms with Gasteiger partial charge in [-0.1, -0.05) is 18.7 Å². The van der Waals surface area contributed by atoms with Crippen molar-refractivity contribution >= 4 is 5.70 Å². The summed E-state index contributed by atoms with van der Waals surface area (Å²) in [4.78, 5) is 0. The Morgan fingerprint density at radius 2 is 2.24 bits per heavy atom. The number of benzene rings is 1. The second-order valence-corrected chi connectivity index (χ2v) is 3.28. The summed E-state index contributed by atoms with van der Waals surface area (Å²) in [5.41, 5.74) is 3.56. The van der Waals surface area contributed by atoms with Gasteiger partial charge in [0.25, 0.3) is 0 Å². The summed E-state index contributed by atoms with van der Waals surface area (Å²) >= 11 is 0. The minimum Gasteiger partial charge on any atom is -0.493 e. The quantitative estimate of drug-likeness (QED) is 0.588. The molecule has 1 aromatic rings. The van der Waals surface area contributed by atoms with Crippen molar-refractivity contribution in [3.8, 4) is 11.5 Å². The van der Waals surface area contributed by atoms with Crippen LogP contribution in [-0.4, -0.2) is 18.9 Å². The smallest absolute Gasteiger partial charge is 0.161 e. The minimum absolute atomic E-state index is 0.421. The van der Waals surface area contributed by atoms with Crippen molar-refractivity contribution in [2.75, 3.05) is 13.7 Å². The normalized spacial score (nSPS) is 10.9. The van der Waals surface area contributed by atoms with Gasteiger partial charge in [0.15, 0.2) is 11.5 Å². The molecule has 1 aromatic carbocycles. The fourth-order valence-corrected chi connectivity index (χ4v) is 1.40. The van der Waals surface area contributed by atoms with Crippen LogP contribution in [0.25, 0.3) is 5.70 Å². The molecule has 0 aliphatic carbocycles. The Morgan fingerprint density at radius 3 is 2.76 bits per heavy atom. The maximum Gasteiger partial charge on any atom is 0.161 e. The maximum atomic E-state index is 8.95. The predicted octanol–water partition coefficient (Wildman–Crippen LogP) is 2.60. The highest BCUT2D eigenvalue weighted by Gasteiger charge is 2.07. The van der Waals surface area contributed by atoms with E-state index in [0.717, 1.165) is 5.56 Å². The number of rotatable bonds is 6. The van der Waals surface area contributed by atoms with E-state index >= 15 is 0 Å². The summed E-state index contributed by atoms with van der Waals surface area (Å²) in [6.45, 7) is 5.83. The van der Waals surface area contributed by atoms with Crippen LogP contribution < -0.4 is 15.0 Å². The Kier molecular flexibility index (Phi) is 5.10. The molecule has 0 bridgehead atoms. The molecule has 0 saturated carbocycles. The zero-order chi connectivity index (χ0) is 12.7. The van der Waals surface area contributed by atoms with Gasteiger partial charge in [-0.05, 0) is 25.1 Å². The number of hydrogen-bond acceptors (Lipinski definition) is 4. The Hall–Kier alpha value is -1.94. The third-order valence-corrected chi connectivity index (χ3v) is 2.24. The van der Waals surface area contributed by atoms with Crippen LogP contribution in [0.4, 0.5) is 0 Å². The molecule has 4 nitrogen and oxygen atoms in total. The molecule has 0 atom stereocenters. The fourth-order valence-electron chi connectivity index (χ4n) is 1.40. The zero-order valence-corrected chi connectivity index (χ0v) is 10.1. The van der Waals surface area contributed by atoms with Crippen LogP contribution in [0, 0.1) is 0 Å². The molecular formula is C13H17NO3. The Balaban J connectivity index is 3.03. The van der Waals surface area contributed by atoms with Crippen LogP contribution in [0.2, 0.25) is 0 Å². The molecule has 0 fully saturated rings. The first-order chi connectivity index (χ1) is 8.26. The van der Waals surface area contributed by atoms with Crippen molar-refractivity contribution in [1.82, 2.24) is 5.48 Å². The fraction of sp³-hybridized carbons (Fsp3) is 0.231. The van der Waals surface area contributed by atoms with E-state index in [0.29, 0.717) is 23.8 Å². The molecule has 0 heterocycles. The van der Waals surface area contributed by atoms with E-state index in [4.69, 9.17) is 14.7 Å². The van der Waals surface area contributed by atoms with E-state index in [9.17, 15) is 0 Å². The van der Waals surface area contributed by atoms with E-state index < -0.39 is 0 Å². The second-order valence-electron chi connectivity index (χ2n) is 3.28. The van der Waals surface area contributed by atoms with Crippen molar-refractivity contribution in [3.05, 3.63) is 42.5 Å². The largest absolute Gasteiger partial charge is 0.493 e. The molecule has 0 amide bonds. The molecule has 0 unspecified atom stereocenters. The van der Waals surface area contributed by atoms with Crippen molar-refractivity contribution in [3.63, 3.8) is 0 Å². The molecule has 0 saturated heterocycles. The van der Waals surface area contributed by atoms with Crippen molar-refractivity contribution in [2.45, 2.75) is 6.92 Å². The monoisotopic (exact) mass is 235 g/mol. The Labute approximate surface area is 101 Å². The highest BCUT2D eigenvalue weighted by molar-refractivity contribution is 5.65. The molecule has 17 heavy (non-hydrogen) atoms. The maximum absolute atomic E-state index is 8.95. The van der Waals surface area contributed by atoms with Crippen LogP contribution in [-0.2, 0) is 0 Å². The van der Waals surface area contributed by atoms with Crippen LogP contribution in [0.1, 0.15) is 12.5 Å². The van der Waals surface area contributed by atoms with Gasteiger partial charge in [0, 0.05) is 5.56 Å². The highest BCUT2D eigenvalue weighted by atomic mass is 16.5.